The Bertz CT molecular complexity index is 915. The van der Waals surface area contributed by atoms with Gasteiger partial charge in [0.05, 0.1) is 24.3 Å². The van der Waals surface area contributed by atoms with Gasteiger partial charge in [0.2, 0.25) is 0 Å². The Morgan fingerprint density at radius 1 is 1.11 bits per heavy atom. The Morgan fingerprint density at radius 2 is 1.89 bits per heavy atom. The maximum absolute atomic E-state index is 9.40. The van der Waals surface area contributed by atoms with Crippen molar-refractivity contribution in [1.82, 2.24) is 9.88 Å². The highest BCUT2D eigenvalue weighted by Crippen LogP contribution is 2.26. The second-order valence-corrected chi connectivity index (χ2v) is 7.71. The molecule has 1 atom stereocenters. The van der Waals surface area contributed by atoms with Gasteiger partial charge in [-0.15, -0.1) is 0 Å². The highest BCUT2D eigenvalue weighted by Gasteiger charge is 2.20. The number of benzene rings is 2. The topological polar surface area (TPSA) is 66.7 Å². The second kappa shape index (κ2) is 8.78. The zero-order valence-corrected chi connectivity index (χ0v) is 16.9. The number of aliphatic hydroxyl groups is 2. The molecule has 0 aliphatic carbocycles. The van der Waals surface area contributed by atoms with E-state index >= 15 is 0 Å². The zero-order chi connectivity index (χ0) is 20.1. The smallest absolute Gasteiger partial charge is 0.122 e. The first-order valence-corrected chi connectivity index (χ1v) is 9.73. The molecule has 0 amide bonds. The number of nitrogens with zero attached hydrogens (tertiary/aromatic N) is 1. The van der Waals surface area contributed by atoms with Crippen LogP contribution in [-0.2, 0) is 6.54 Å². The molecule has 0 bridgehead atoms. The first-order chi connectivity index (χ1) is 13.4. The van der Waals surface area contributed by atoms with Crippen LogP contribution >= 0.6 is 0 Å². The highest BCUT2D eigenvalue weighted by atomic mass is 16.5. The fraction of sp³-hybridized carbons (Fsp3) is 0.391. The first-order valence-electron chi connectivity index (χ1n) is 9.73. The van der Waals surface area contributed by atoms with Crippen molar-refractivity contribution in [1.29, 1.82) is 0 Å². The number of rotatable bonds is 9. The predicted octanol–water partition coefficient (Wildman–Crippen LogP) is 3.42. The highest BCUT2D eigenvalue weighted by molar-refractivity contribution is 5.81. The van der Waals surface area contributed by atoms with Gasteiger partial charge in [0.15, 0.2) is 0 Å². The van der Waals surface area contributed by atoms with Crippen LogP contribution in [0.2, 0.25) is 0 Å². The van der Waals surface area contributed by atoms with Crippen LogP contribution in [0.1, 0.15) is 31.1 Å². The summed E-state index contributed by atoms with van der Waals surface area (Å²) in [5.74, 6) is 0.838. The van der Waals surface area contributed by atoms with E-state index in [1.165, 1.54) is 5.56 Å². The SMILES string of the molecule is Cc1cccc(C(C)Oc2ccc3ccn(CCNC(C)(CO)CO)c3c2)c1. The van der Waals surface area contributed by atoms with Crippen LogP contribution in [0.3, 0.4) is 0 Å². The average Bonchev–Trinajstić information content (AvgIpc) is 3.10. The van der Waals surface area contributed by atoms with Gasteiger partial charge in [-0.2, -0.15) is 0 Å². The van der Waals surface area contributed by atoms with Crippen LogP contribution in [0.25, 0.3) is 10.9 Å². The molecule has 28 heavy (non-hydrogen) atoms. The average molecular weight is 383 g/mol. The van der Waals surface area contributed by atoms with Gasteiger partial charge < -0.3 is 24.8 Å². The number of aliphatic hydroxyl groups excluding tert-OH is 2. The van der Waals surface area contributed by atoms with E-state index in [1.807, 2.05) is 6.07 Å². The molecule has 1 aromatic heterocycles. The molecular weight excluding hydrogens is 352 g/mol. The summed E-state index contributed by atoms with van der Waals surface area (Å²) in [6, 6.07) is 16.6. The van der Waals surface area contributed by atoms with E-state index in [0.29, 0.717) is 6.54 Å². The van der Waals surface area contributed by atoms with E-state index in [4.69, 9.17) is 4.74 Å². The molecule has 0 saturated heterocycles. The molecule has 150 valence electrons. The monoisotopic (exact) mass is 382 g/mol. The lowest BCUT2D eigenvalue weighted by Crippen LogP contribution is -2.49. The van der Waals surface area contributed by atoms with E-state index in [1.54, 1.807) is 6.92 Å². The van der Waals surface area contributed by atoms with Crippen molar-refractivity contribution in [2.75, 3.05) is 19.8 Å². The number of hydrogen-bond acceptors (Lipinski definition) is 4. The van der Waals surface area contributed by atoms with Crippen LogP contribution in [0, 0.1) is 6.92 Å². The molecule has 3 N–H and O–H groups in total. The fourth-order valence-electron chi connectivity index (χ4n) is 3.27. The maximum atomic E-state index is 9.40. The van der Waals surface area contributed by atoms with Crippen LogP contribution < -0.4 is 10.1 Å². The number of ether oxygens (including phenoxy) is 1. The quantitative estimate of drug-likeness (QED) is 0.530. The fourth-order valence-corrected chi connectivity index (χ4v) is 3.27. The summed E-state index contributed by atoms with van der Waals surface area (Å²) in [5.41, 5.74) is 2.82. The Kier molecular flexibility index (Phi) is 6.39. The Morgan fingerprint density at radius 3 is 2.61 bits per heavy atom. The van der Waals surface area contributed by atoms with E-state index in [0.717, 1.165) is 28.8 Å². The molecule has 0 spiro atoms. The summed E-state index contributed by atoms with van der Waals surface area (Å²) >= 11 is 0. The molecule has 2 aromatic carbocycles. The minimum Gasteiger partial charge on any atom is -0.486 e. The largest absolute Gasteiger partial charge is 0.486 e. The van der Waals surface area contributed by atoms with Crippen molar-refractivity contribution in [2.24, 2.45) is 0 Å². The first kappa shape index (κ1) is 20.4. The van der Waals surface area contributed by atoms with Crippen LogP contribution in [-0.4, -0.2) is 40.1 Å². The third-order valence-electron chi connectivity index (χ3n) is 5.17. The third kappa shape index (κ3) is 4.73. The predicted molar refractivity (Wildman–Crippen MR) is 113 cm³/mol. The van der Waals surface area contributed by atoms with Crippen LogP contribution in [0.5, 0.6) is 5.75 Å². The number of aryl methyl sites for hydroxylation is 1. The van der Waals surface area contributed by atoms with Crippen molar-refractivity contribution in [2.45, 2.75) is 39.0 Å². The molecular formula is C23H30N2O3. The molecule has 1 unspecified atom stereocenters. The van der Waals surface area contributed by atoms with Gasteiger partial charge in [0, 0.05) is 25.4 Å². The summed E-state index contributed by atoms with van der Waals surface area (Å²) in [4.78, 5) is 0. The van der Waals surface area contributed by atoms with Gasteiger partial charge in [-0.25, -0.2) is 0 Å². The summed E-state index contributed by atoms with van der Waals surface area (Å²) in [6.07, 6.45) is 2.02. The van der Waals surface area contributed by atoms with E-state index in [2.05, 4.69) is 72.4 Å². The Balaban J connectivity index is 1.71. The molecule has 0 saturated carbocycles. The summed E-state index contributed by atoms with van der Waals surface area (Å²) < 4.78 is 8.34. The maximum Gasteiger partial charge on any atom is 0.122 e. The van der Waals surface area contributed by atoms with Gasteiger partial charge in [0.25, 0.3) is 0 Å². The molecule has 3 aromatic rings. The molecule has 1 heterocycles. The molecule has 0 aliphatic heterocycles. The van der Waals surface area contributed by atoms with Crippen molar-refractivity contribution in [3.8, 4) is 5.75 Å². The normalized spacial score (nSPS) is 13.0. The third-order valence-corrected chi connectivity index (χ3v) is 5.17. The van der Waals surface area contributed by atoms with Gasteiger partial charge in [-0.3, -0.25) is 0 Å². The lowest BCUT2D eigenvalue weighted by Gasteiger charge is -2.26. The molecule has 0 aliphatic rings. The molecule has 5 nitrogen and oxygen atoms in total. The van der Waals surface area contributed by atoms with Crippen molar-refractivity contribution in [3.05, 3.63) is 65.9 Å². The van der Waals surface area contributed by atoms with E-state index < -0.39 is 5.54 Å². The summed E-state index contributed by atoms with van der Waals surface area (Å²) in [6.45, 7) is 7.12. The summed E-state index contributed by atoms with van der Waals surface area (Å²) in [5, 5.41) is 23.2. The number of hydrogen-bond donors (Lipinski definition) is 3. The van der Waals surface area contributed by atoms with Gasteiger partial charge >= 0.3 is 0 Å². The van der Waals surface area contributed by atoms with Crippen molar-refractivity contribution < 1.29 is 14.9 Å². The standard InChI is InChI=1S/C23H30N2O3/c1-17-5-4-6-20(13-17)18(2)28-21-8-7-19-9-11-25(22(19)14-21)12-10-24-23(3,15-26)16-27/h4-9,11,13-14,18,24,26-27H,10,12,15-16H2,1-3H3. The van der Waals surface area contributed by atoms with Crippen molar-refractivity contribution in [3.63, 3.8) is 0 Å². The molecule has 0 radical (unpaired) electrons. The van der Waals surface area contributed by atoms with E-state index in [-0.39, 0.29) is 19.3 Å². The Hall–Kier alpha value is -2.34. The Labute approximate surface area is 166 Å². The number of fused-ring (bicyclic) bond motifs is 1. The molecule has 0 fully saturated rings. The van der Waals surface area contributed by atoms with Crippen molar-refractivity contribution >= 4 is 10.9 Å². The lowest BCUT2D eigenvalue weighted by atomic mass is 10.1. The number of nitrogens with one attached hydrogen (secondary N) is 1. The van der Waals surface area contributed by atoms with Crippen LogP contribution in [0.4, 0.5) is 0 Å². The van der Waals surface area contributed by atoms with E-state index in [9.17, 15) is 10.2 Å². The minimum atomic E-state index is -0.666. The number of aromatic nitrogens is 1. The summed E-state index contributed by atoms with van der Waals surface area (Å²) in [7, 11) is 0. The van der Waals surface area contributed by atoms with Gasteiger partial charge in [0.1, 0.15) is 11.9 Å². The van der Waals surface area contributed by atoms with Gasteiger partial charge in [-0.1, -0.05) is 29.8 Å². The zero-order valence-electron chi connectivity index (χ0n) is 16.9. The minimum absolute atomic E-state index is 0.0303. The van der Waals surface area contributed by atoms with Crippen LogP contribution in [0.15, 0.2) is 54.7 Å². The van der Waals surface area contributed by atoms with Gasteiger partial charge in [-0.05, 0) is 49.9 Å². The lowest BCUT2D eigenvalue weighted by molar-refractivity contribution is 0.104. The molecule has 5 heteroatoms. The second-order valence-electron chi connectivity index (χ2n) is 7.71. The molecule has 3 rings (SSSR count).